The Kier molecular flexibility index (Phi) is 6.30. The first-order valence-corrected chi connectivity index (χ1v) is 12.1. The highest BCUT2D eigenvalue weighted by atomic mass is 35.7. The average Bonchev–Trinajstić information content (AvgIpc) is 2.43. The highest BCUT2D eigenvalue weighted by molar-refractivity contribution is 7.56. The summed E-state index contributed by atoms with van der Waals surface area (Å²) in [5.41, 5.74) is 0. The van der Waals surface area contributed by atoms with Crippen molar-refractivity contribution in [3.63, 3.8) is 0 Å². The first-order valence-electron chi connectivity index (χ1n) is 5.08. The fourth-order valence-electron chi connectivity index (χ4n) is 1.46. The van der Waals surface area contributed by atoms with Gasteiger partial charge >= 0.3 is 6.69 Å². The van der Waals surface area contributed by atoms with E-state index in [1.165, 1.54) is 0 Å². The molecule has 0 fully saturated rings. The van der Waals surface area contributed by atoms with Crippen LogP contribution in [-0.4, -0.2) is 16.2 Å². The smallest absolute Gasteiger partial charge is 0.181 e. The Hall–Kier alpha value is -0.256. The van der Waals surface area contributed by atoms with E-state index in [1.54, 1.807) is 0 Å². The van der Waals surface area contributed by atoms with Gasteiger partial charge in [-0.05, 0) is 10.4 Å². The molecule has 0 spiro atoms. The predicted octanol–water partition coefficient (Wildman–Crippen LogP) is 2.23. The van der Waals surface area contributed by atoms with E-state index in [0.717, 1.165) is 19.9 Å². The van der Waals surface area contributed by atoms with Crippen molar-refractivity contribution in [3.8, 4) is 0 Å². The number of hydrogen-bond acceptors (Lipinski definition) is 0. The maximum absolute atomic E-state index is 6.49. The van der Waals surface area contributed by atoms with Crippen molar-refractivity contribution in [1.82, 2.24) is 0 Å². The van der Waals surface area contributed by atoms with Crippen molar-refractivity contribution >= 4 is 59.9 Å². The Morgan fingerprint density at radius 3 is 1.24 bits per heavy atom. The molecule has 0 aliphatic heterocycles. The molecule has 0 saturated heterocycles. The first-order chi connectivity index (χ1) is 8.21. The van der Waals surface area contributed by atoms with Gasteiger partial charge in [0, 0.05) is 0 Å². The van der Waals surface area contributed by atoms with Crippen LogP contribution in [0, 0.1) is 0 Å². The van der Waals surface area contributed by atoms with Gasteiger partial charge < -0.3 is 0 Å². The fraction of sp³-hybridized carbons (Fsp3) is 0. The molecule has 0 nitrogen and oxygen atoms in total. The summed E-state index contributed by atoms with van der Waals surface area (Å²) in [6, 6.07) is 19.7. The van der Waals surface area contributed by atoms with Crippen LogP contribution in [0.2, 0.25) is 0 Å². The molecular formula is C12H13Cl3Si2. The van der Waals surface area contributed by atoms with Crippen LogP contribution >= 0.6 is 33.2 Å². The zero-order valence-electron chi connectivity index (χ0n) is 9.41. The first kappa shape index (κ1) is 14.8. The van der Waals surface area contributed by atoms with Gasteiger partial charge in [0.2, 0.25) is 0 Å². The second-order valence-corrected chi connectivity index (χ2v) is 9.59. The zero-order valence-corrected chi connectivity index (χ0v) is 14.7. The maximum atomic E-state index is 6.49. The molecule has 2 aromatic rings. The van der Waals surface area contributed by atoms with Gasteiger partial charge in [-0.2, -0.15) is 11.1 Å². The van der Waals surface area contributed by atoms with Gasteiger partial charge in [0.05, 0.1) is 0 Å². The lowest BCUT2D eigenvalue weighted by atomic mass is 10.4. The van der Waals surface area contributed by atoms with Crippen LogP contribution in [0.3, 0.4) is 0 Å². The largest absolute Gasteiger partial charge is 0.310 e. The summed E-state index contributed by atoms with van der Waals surface area (Å²) in [7, 11) is 0.778. The third kappa shape index (κ3) is 3.86. The van der Waals surface area contributed by atoms with E-state index in [1.807, 2.05) is 60.7 Å². The van der Waals surface area contributed by atoms with Gasteiger partial charge in [-0.1, -0.05) is 60.7 Å². The average molecular weight is 320 g/mol. The third-order valence-corrected chi connectivity index (χ3v) is 7.01. The number of halogens is 3. The quantitative estimate of drug-likeness (QED) is 0.588. The summed E-state index contributed by atoms with van der Waals surface area (Å²) in [6.07, 6.45) is 0. The van der Waals surface area contributed by atoms with Crippen molar-refractivity contribution in [2.24, 2.45) is 0 Å². The summed E-state index contributed by atoms with van der Waals surface area (Å²) in [5, 5.41) is 2.05. The van der Waals surface area contributed by atoms with Gasteiger partial charge in [0.25, 0.3) is 0 Å². The monoisotopic (exact) mass is 318 g/mol. The number of benzene rings is 2. The molecule has 2 aromatic carbocycles. The second-order valence-electron chi connectivity index (χ2n) is 3.31. The van der Waals surface area contributed by atoms with E-state index in [2.05, 4.69) is 0 Å². The lowest BCUT2D eigenvalue weighted by Crippen LogP contribution is -2.48. The molecule has 0 unspecified atom stereocenters. The minimum Gasteiger partial charge on any atom is -0.181 e. The van der Waals surface area contributed by atoms with Crippen LogP contribution in [0.5, 0.6) is 0 Å². The van der Waals surface area contributed by atoms with Gasteiger partial charge in [0.1, 0.15) is 9.55 Å². The van der Waals surface area contributed by atoms with E-state index in [0.29, 0.717) is 0 Å². The third-order valence-electron chi connectivity index (χ3n) is 2.27. The Morgan fingerprint density at radius 2 is 0.941 bits per heavy atom. The minimum atomic E-state index is -2.51. The van der Waals surface area contributed by atoms with Gasteiger partial charge in [-0.3, -0.25) is 0 Å². The lowest BCUT2D eigenvalue weighted by Gasteiger charge is -2.17. The summed E-state index contributed by atoms with van der Waals surface area (Å²) < 4.78 is 0. The molecule has 0 amide bonds. The lowest BCUT2D eigenvalue weighted by molar-refractivity contribution is 1.74. The molecule has 0 bridgehead atoms. The zero-order chi connectivity index (χ0) is 12.7. The molecule has 0 N–H and O–H groups in total. The van der Waals surface area contributed by atoms with Gasteiger partial charge in [-0.15, -0.1) is 22.2 Å². The van der Waals surface area contributed by atoms with Crippen molar-refractivity contribution in [2.45, 2.75) is 0 Å². The topological polar surface area (TPSA) is 0 Å². The molecule has 0 aromatic heterocycles. The Labute approximate surface area is 120 Å². The highest BCUT2D eigenvalue weighted by Gasteiger charge is 2.32. The molecule has 90 valence electrons. The molecular weight excluding hydrogens is 307 g/mol. The Morgan fingerprint density at radius 1 is 0.647 bits per heavy atom. The molecule has 2 rings (SSSR count). The van der Waals surface area contributed by atoms with Crippen molar-refractivity contribution in [2.75, 3.05) is 0 Å². The van der Waals surface area contributed by atoms with Crippen molar-refractivity contribution in [3.05, 3.63) is 60.7 Å². The molecule has 0 heterocycles. The van der Waals surface area contributed by atoms with Crippen LogP contribution in [0.15, 0.2) is 60.7 Å². The second kappa shape index (κ2) is 7.24. The Balaban J connectivity index is 0.000000686. The van der Waals surface area contributed by atoms with Crippen LogP contribution in [0.1, 0.15) is 0 Å². The normalized spacial score (nSPS) is 10.5. The minimum absolute atomic E-state index is 0.778. The van der Waals surface area contributed by atoms with E-state index < -0.39 is 6.69 Å². The molecule has 5 heteroatoms. The molecule has 0 radical (unpaired) electrons. The van der Waals surface area contributed by atoms with E-state index >= 15 is 0 Å². The van der Waals surface area contributed by atoms with Crippen molar-refractivity contribution < 1.29 is 0 Å². The standard InChI is InChI=1S/C12H10Cl2Si.ClH3Si/c13-15(14,11-7-3-1-4-8-11)12-9-5-2-6-10-12;1-2/h1-10H;2H3. The van der Waals surface area contributed by atoms with Crippen molar-refractivity contribution in [1.29, 1.82) is 0 Å². The summed E-state index contributed by atoms with van der Waals surface area (Å²) in [5.74, 6) is 0. The van der Waals surface area contributed by atoms with E-state index in [4.69, 9.17) is 33.2 Å². The maximum Gasteiger partial charge on any atom is 0.310 e. The van der Waals surface area contributed by atoms with Gasteiger partial charge in [0.15, 0.2) is 0 Å². The van der Waals surface area contributed by atoms with E-state index in [9.17, 15) is 0 Å². The molecule has 0 aliphatic rings. The summed E-state index contributed by atoms with van der Waals surface area (Å²) in [6.45, 7) is -2.51. The summed E-state index contributed by atoms with van der Waals surface area (Å²) >= 11 is 17.8. The molecule has 0 atom stereocenters. The van der Waals surface area contributed by atoms with E-state index in [-0.39, 0.29) is 0 Å². The van der Waals surface area contributed by atoms with Crippen LogP contribution in [0.25, 0.3) is 0 Å². The van der Waals surface area contributed by atoms with Crippen LogP contribution in [-0.2, 0) is 0 Å². The molecule has 17 heavy (non-hydrogen) atoms. The fourth-order valence-corrected chi connectivity index (χ4v) is 4.53. The van der Waals surface area contributed by atoms with Crippen LogP contribution < -0.4 is 10.4 Å². The SMILES string of the molecule is Cl[Si](Cl)(c1ccccc1)c1ccccc1.[SiH3]Cl. The molecule has 0 aliphatic carbocycles. The number of rotatable bonds is 2. The predicted molar refractivity (Wildman–Crippen MR) is 85.4 cm³/mol. The van der Waals surface area contributed by atoms with Gasteiger partial charge in [-0.25, -0.2) is 0 Å². The molecule has 0 saturated carbocycles. The van der Waals surface area contributed by atoms with Crippen LogP contribution in [0.4, 0.5) is 0 Å². The number of hydrogen-bond donors (Lipinski definition) is 0. The Bertz CT molecular complexity index is 391. The highest BCUT2D eigenvalue weighted by Crippen LogP contribution is 2.14. The summed E-state index contributed by atoms with van der Waals surface area (Å²) in [4.78, 5) is 0.